The Morgan fingerprint density at radius 1 is 1.68 bits per heavy atom. The molecule has 0 aliphatic heterocycles. The number of carbonyl (C=O) groups is 1. The molecule has 2 rings (SSSR count). The molecule has 104 valence electrons. The van der Waals surface area contributed by atoms with Crippen molar-refractivity contribution >= 4 is 17.7 Å². The number of hydrogen-bond donors (Lipinski definition) is 2. The van der Waals surface area contributed by atoms with Crippen molar-refractivity contribution in [2.75, 3.05) is 6.54 Å². The maximum absolute atomic E-state index is 11.8. The van der Waals surface area contributed by atoms with E-state index in [0.717, 1.165) is 37.3 Å². The van der Waals surface area contributed by atoms with Gasteiger partial charge in [-0.25, -0.2) is 9.97 Å². The molecule has 0 spiro atoms. The largest absolute Gasteiger partial charge is 0.368 e. The monoisotopic (exact) mass is 280 g/mol. The van der Waals surface area contributed by atoms with Gasteiger partial charge in [0, 0.05) is 11.4 Å². The van der Waals surface area contributed by atoms with Gasteiger partial charge in [0.1, 0.15) is 6.33 Å². The number of nitrogens with two attached hydrogens (primary N) is 1. The minimum atomic E-state index is -0.544. The van der Waals surface area contributed by atoms with E-state index in [1.807, 2.05) is 13.0 Å². The first-order chi connectivity index (χ1) is 9.16. The second-order valence-corrected chi connectivity index (χ2v) is 6.18. The summed E-state index contributed by atoms with van der Waals surface area (Å²) in [6.45, 7) is 2.76. The Kier molecular flexibility index (Phi) is 4.76. The molecule has 19 heavy (non-hydrogen) atoms. The van der Waals surface area contributed by atoms with Crippen LogP contribution in [0, 0.1) is 0 Å². The van der Waals surface area contributed by atoms with Crippen LogP contribution in [0.2, 0.25) is 0 Å². The maximum atomic E-state index is 11.8. The van der Waals surface area contributed by atoms with E-state index in [2.05, 4.69) is 15.3 Å². The SMILES string of the molecule is CCNC1(C(N)=O)CCCC(Sc2ccncn2)C1. The highest BCUT2D eigenvalue weighted by Gasteiger charge is 2.40. The van der Waals surface area contributed by atoms with E-state index >= 15 is 0 Å². The molecule has 1 aromatic rings. The molecule has 6 heteroatoms. The Labute approximate surface area is 117 Å². The molecule has 0 saturated heterocycles. The number of nitrogens with zero attached hydrogens (tertiary/aromatic N) is 2. The average Bonchev–Trinajstić information content (AvgIpc) is 2.40. The molecule has 0 radical (unpaired) electrons. The Morgan fingerprint density at radius 2 is 2.53 bits per heavy atom. The second kappa shape index (κ2) is 6.34. The molecule has 1 saturated carbocycles. The van der Waals surface area contributed by atoms with Crippen molar-refractivity contribution < 1.29 is 4.79 Å². The van der Waals surface area contributed by atoms with E-state index in [1.165, 1.54) is 0 Å². The zero-order valence-corrected chi connectivity index (χ0v) is 11.9. The summed E-state index contributed by atoms with van der Waals surface area (Å²) in [6, 6.07) is 1.90. The van der Waals surface area contributed by atoms with Gasteiger partial charge in [-0.1, -0.05) is 6.92 Å². The fourth-order valence-electron chi connectivity index (χ4n) is 2.65. The molecular weight excluding hydrogens is 260 g/mol. The minimum absolute atomic E-state index is 0.234. The van der Waals surface area contributed by atoms with Crippen molar-refractivity contribution in [1.29, 1.82) is 0 Å². The number of carbonyl (C=O) groups excluding carboxylic acids is 1. The molecule has 1 heterocycles. The van der Waals surface area contributed by atoms with Crippen LogP contribution in [0.25, 0.3) is 0 Å². The highest BCUT2D eigenvalue weighted by atomic mass is 32.2. The van der Waals surface area contributed by atoms with Crippen molar-refractivity contribution in [2.24, 2.45) is 5.73 Å². The van der Waals surface area contributed by atoms with Crippen LogP contribution in [-0.2, 0) is 4.79 Å². The van der Waals surface area contributed by atoms with Gasteiger partial charge in [0.15, 0.2) is 0 Å². The summed E-state index contributed by atoms with van der Waals surface area (Å²) in [7, 11) is 0. The maximum Gasteiger partial charge on any atom is 0.237 e. The lowest BCUT2D eigenvalue weighted by Crippen LogP contribution is -2.58. The lowest BCUT2D eigenvalue weighted by atomic mass is 9.80. The van der Waals surface area contributed by atoms with Crippen LogP contribution in [0.4, 0.5) is 0 Å². The van der Waals surface area contributed by atoms with Crippen LogP contribution in [0.5, 0.6) is 0 Å². The van der Waals surface area contributed by atoms with E-state index in [-0.39, 0.29) is 5.91 Å². The molecule has 3 N–H and O–H groups in total. The second-order valence-electron chi connectivity index (χ2n) is 4.86. The summed E-state index contributed by atoms with van der Waals surface area (Å²) >= 11 is 1.71. The van der Waals surface area contributed by atoms with E-state index in [0.29, 0.717) is 5.25 Å². The number of aromatic nitrogens is 2. The smallest absolute Gasteiger partial charge is 0.237 e. The van der Waals surface area contributed by atoms with E-state index in [4.69, 9.17) is 5.73 Å². The summed E-state index contributed by atoms with van der Waals surface area (Å²) < 4.78 is 0. The molecule has 1 aliphatic rings. The van der Waals surface area contributed by atoms with Gasteiger partial charge in [-0.2, -0.15) is 0 Å². The summed E-state index contributed by atoms with van der Waals surface area (Å²) in [6.07, 6.45) is 7.00. The molecular formula is C13H20N4OS. The summed E-state index contributed by atoms with van der Waals surface area (Å²) in [5.74, 6) is -0.234. The lowest BCUT2D eigenvalue weighted by molar-refractivity contribution is -0.125. The van der Waals surface area contributed by atoms with Crippen molar-refractivity contribution in [2.45, 2.75) is 48.4 Å². The molecule has 0 bridgehead atoms. The third-order valence-electron chi connectivity index (χ3n) is 3.53. The number of likely N-dealkylation sites (N-methyl/N-ethyl adjacent to an activating group) is 1. The van der Waals surface area contributed by atoms with Crippen LogP contribution in [0.15, 0.2) is 23.6 Å². The summed E-state index contributed by atoms with van der Waals surface area (Å²) in [5.41, 5.74) is 5.06. The molecule has 5 nitrogen and oxygen atoms in total. The van der Waals surface area contributed by atoms with Gasteiger partial charge in [-0.05, 0) is 38.3 Å². The number of rotatable bonds is 5. The van der Waals surface area contributed by atoms with E-state index < -0.39 is 5.54 Å². The zero-order chi connectivity index (χ0) is 13.7. The fourth-order valence-corrected chi connectivity index (χ4v) is 3.90. The van der Waals surface area contributed by atoms with Crippen molar-refractivity contribution in [1.82, 2.24) is 15.3 Å². The van der Waals surface area contributed by atoms with E-state index in [1.54, 1.807) is 24.3 Å². The molecule has 1 amide bonds. The number of hydrogen-bond acceptors (Lipinski definition) is 5. The van der Waals surface area contributed by atoms with Gasteiger partial charge in [-0.3, -0.25) is 4.79 Å². The predicted octanol–water partition coefficient (Wildman–Crippen LogP) is 1.34. The first kappa shape index (κ1) is 14.3. The first-order valence-electron chi connectivity index (χ1n) is 6.64. The van der Waals surface area contributed by atoms with Gasteiger partial charge in [-0.15, -0.1) is 11.8 Å². The zero-order valence-electron chi connectivity index (χ0n) is 11.1. The van der Waals surface area contributed by atoms with E-state index in [9.17, 15) is 4.79 Å². The average molecular weight is 280 g/mol. The third-order valence-corrected chi connectivity index (χ3v) is 4.75. The summed E-state index contributed by atoms with van der Waals surface area (Å²) in [5, 5.41) is 4.62. The van der Waals surface area contributed by atoms with Gasteiger partial charge in [0.05, 0.1) is 10.6 Å². The Bertz CT molecular complexity index is 424. The fraction of sp³-hybridized carbons (Fsp3) is 0.615. The lowest BCUT2D eigenvalue weighted by Gasteiger charge is -2.38. The standard InChI is InChI=1S/C13H20N4OS/c1-2-17-13(12(14)18)6-3-4-10(8-13)19-11-5-7-15-9-16-11/h5,7,9-10,17H,2-4,6,8H2,1H3,(H2,14,18). The highest BCUT2D eigenvalue weighted by molar-refractivity contribution is 7.99. The minimum Gasteiger partial charge on any atom is -0.368 e. The van der Waals surface area contributed by atoms with Gasteiger partial charge in [0.25, 0.3) is 0 Å². The van der Waals surface area contributed by atoms with Gasteiger partial charge < -0.3 is 11.1 Å². The van der Waals surface area contributed by atoms with Crippen molar-refractivity contribution in [3.8, 4) is 0 Å². The Balaban J connectivity index is 2.05. The quantitative estimate of drug-likeness (QED) is 0.796. The van der Waals surface area contributed by atoms with Crippen molar-refractivity contribution in [3.63, 3.8) is 0 Å². The van der Waals surface area contributed by atoms with Crippen LogP contribution in [-0.4, -0.2) is 33.2 Å². The predicted molar refractivity (Wildman–Crippen MR) is 75.7 cm³/mol. The summed E-state index contributed by atoms with van der Waals surface area (Å²) in [4.78, 5) is 19.9. The molecule has 2 unspecified atom stereocenters. The first-order valence-corrected chi connectivity index (χ1v) is 7.52. The van der Waals surface area contributed by atoms with Crippen LogP contribution >= 0.6 is 11.8 Å². The molecule has 0 aromatic carbocycles. The number of primary amides is 1. The van der Waals surface area contributed by atoms with Crippen LogP contribution in [0.1, 0.15) is 32.6 Å². The number of thioether (sulfide) groups is 1. The third kappa shape index (κ3) is 3.45. The normalized spacial score (nSPS) is 27.1. The van der Waals surface area contributed by atoms with Crippen LogP contribution in [0.3, 0.4) is 0 Å². The number of nitrogens with one attached hydrogen (secondary N) is 1. The molecule has 1 aromatic heterocycles. The van der Waals surface area contributed by atoms with Gasteiger partial charge in [0.2, 0.25) is 5.91 Å². The van der Waals surface area contributed by atoms with Crippen molar-refractivity contribution in [3.05, 3.63) is 18.6 Å². The Hall–Kier alpha value is -1.14. The van der Waals surface area contributed by atoms with Crippen LogP contribution < -0.4 is 11.1 Å². The molecule has 2 atom stereocenters. The Morgan fingerprint density at radius 3 is 3.16 bits per heavy atom. The molecule has 1 aliphatic carbocycles. The topological polar surface area (TPSA) is 80.9 Å². The van der Waals surface area contributed by atoms with Gasteiger partial charge >= 0.3 is 0 Å². The highest BCUT2D eigenvalue weighted by Crippen LogP contribution is 2.37. The molecule has 1 fully saturated rings. The number of amides is 1.